The van der Waals surface area contributed by atoms with Gasteiger partial charge in [-0.1, -0.05) is 98.8 Å². The van der Waals surface area contributed by atoms with Crippen LogP contribution in [0.15, 0.2) is 0 Å². The molecule has 0 aromatic rings. The van der Waals surface area contributed by atoms with Crippen LogP contribution in [0.5, 0.6) is 0 Å². The van der Waals surface area contributed by atoms with Crippen LogP contribution in [-0.4, -0.2) is 57.5 Å². The summed E-state index contributed by atoms with van der Waals surface area (Å²) in [6.07, 6.45) is 17.9. The molecule has 0 amide bonds. The molecule has 0 heterocycles. The minimum Gasteiger partial charge on any atom is -0.390 e. The number of aliphatic hydroxyl groups is 2. The lowest BCUT2D eigenvalue weighted by Crippen LogP contribution is -2.30. The van der Waals surface area contributed by atoms with Crippen LogP contribution in [-0.2, 0) is 9.47 Å². The van der Waals surface area contributed by atoms with Gasteiger partial charge in [0.2, 0.25) is 0 Å². The molecule has 4 aliphatic carbocycles. The molecule has 4 rings (SSSR count). The number of rotatable bonds is 14. The maximum absolute atomic E-state index is 10.0. The van der Waals surface area contributed by atoms with Gasteiger partial charge < -0.3 is 19.7 Å². The zero-order valence-electron chi connectivity index (χ0n) is 25.3. The summed E-state index contributed by atoms with van der Waals surface area (Å²) in [6.45, 7) is 4.35. The topological polar surface area (TPSA) is 58.9 Å². The van der Waals surface area contributed by atoms with E-state index in [1.54, 1.807) is 14.2 Å². The molecule has 10 unspecified atom stereocenters. The van der Waals surface area contributed by atoms with Gasteiger partial charge in [0.15, 0.2) is 0 Å². The number of unbranched alkanes of at least 4 members (excludes halogenated alkanes) is 2. The van der Waals surface area contributed by atoms with E-state index in [0.717, 1.165) is 51.4 Å². The van der Waals surface area contributed by atoms with E-state index in [9.17, 15) is 10.2 Å². The Morgan fingerprint density at radius 3 is 1.35 bits per heavy atom. The van der Waals surface area contributed by atoms with Gasteiger partial charge in [-0.05, 0) is 99.7 Å². The first kappa shape index (κ1) is 35.5. The second kappa shape index (κ2) is 16.4. The quantitative estimate of drug-likeness (QED) is 0.146. The van der Waals surface area contributed by atoms with E-state index in [1.807, 2.05) is 0 Å². The van der Waals surface area contributed by atoms with Crippen molar-refractivity contribution in [3.8, 4) is 0 Å². The lowest BCUT2D eigenvalue weighted by Gasteiger charge is -2.23. The highest BCUT2D eigenvalue weighted by molar-refractivity contribution is 6.49. The van der Waals surface area contributed by atoms with Gasteiger partial charge >= 0.3 is 0 Å². The molecule has 10 atom stereocenters. The monoisotopic (exact) mass is 644 g/mol. The number of alkyl halides is 4. The number of halogens is 4. The molecule has 0 aromatic heterocycles. The number of methoxy groups -OCH3 is 2. The lowest BCUT2D eigenvalue weighted by molar-refractivity contribution is 0.0890. The van der Waals surface area contributed by atoms with Crippen LogP contribution in [0.2, 0.25) is 0 Å². The molecule has 236 valence electrons. The molecule has 4 fully saturated rings. The molecular formula is C32H56Cl4O4. The zero-order valence-corrected chi connectivity index (χ0v) is 28.3. The van der Waals surface area contributed by atoms with Crippen molar-refractivity contribution in [1.82, 2.24) is 0 Å². The lowest BCUT2D eigenvalue weighted by atomic mass is 9.87. The first-order valence-corrected chi connectivity index (χ1v) is 17.7. The number of fused-ring (bicyclic) bond motifs is 2. The van der Waals surface area contributed by atoms with E-state index in [0.29, 0.717) is 47.7 Å². The second-order valence-electron chi connectivity index (χ2n) is 13.2. The highest BCUT2D eigenvalue weighted by Gasteiger charge is 2.58. The van der Waals surface area contributed by atoms with Crippen LogP contribution in [0.3, 0.4) is 0 Å². The second-order valence-corrected chi connectivity index (χ2v) is 16.1. The Morgan fingerprint density at radius 1 is 0.650 bits per heavy atom. The van der Waals surface area contributed by atoms with Crippen LogP contribution in [0, 0.1) is 35.5 Å². The Hall–Kier alpha value is 1.00. The number of hydrogen-bond acceptors (Lipinski definition) is 4. The zero-order chi connectivity index (χ0) is 29.5. The third-order valence-corrected chi connectivity index (χ3v) is 13.2. The van der Waals surface area contributed by atoms with E-state index in [4.69, 9.17) is 55.9 Å². The number of hydrogen-bond donors (Lipinski definition) is 2. The predicted octanol–water partition coefficient (Wildman–Crippen LogP) is 9.11. The van der Waals surface area contributed by atoms with Crippen LogP contribution < -0.4 is 0 Å². The molecular weight excluding hydrogens is 590 g/mol. The van der Waals surface area contributed by atoms with Crippen LogP contribution in [0.4, 0.5) is 0 Å². The van der Waals surface area contributed by atoms with Gasteiger partial charge in [-0.3, -0.25) is 0 Å². The summed E-state index contributed by atoms with van der Waals surface area (Å²) in [5, 5.41) is 20.0. The Morgan fingerprint density at radius 2 is 1.02 bits per heavy atom. The van der Waals surface area contributed by atoms with Crippen LogP contribution in [0.1, 0.15) is 117 Å². The molecule has 0 aromatic carbocycles. The fraction of sp³-hybridized carbons (Fsp3) is 1.00. The molecule has 0 radical (unpaired) electrons. The van der Waals surface area contributed by atoms with Crippen molar-refractivity contribution in [1.29, 1.82) is 0 Å². The standard InChI is InChI=1S/2C16H28Cl2O2/c2*1-3-12(20-2)7-5-4-6-11-8-9-14-13(11)10-15(19)16(14,17)18/h2*11-15,19H,3-10H2,1-2H3. The summed E-state index contributed by atoms with van der Waals surface area (Å²) in [6, 6.07) is 0. The highest BCUT2D eigenvalue weighted by atomic mass is 35.5. The van der Waals surface area contributed by atoms with E-state index >= 15 is 0 Å². The number of ether oxygens (including phenoxy) is 2. The summed E-state index contributed by atoms with van der Waals surface area (Å²) in [4.78, 5) is 0. The highest BCUT2D eigenvalue weighted by Crippen LogP contribution is 2.59. The maximum Gasteiger partial charge on any atom is 0.147 e. The summed E-state index contributed by atoms with van der Waals surface area (Å²) < 4.78 is 9.03. The number of aliphatic hydroxyl groups excluding tert-OH is 2. The van der Waals surface area contributed by atoms with Crippen molar-refractivity contribution in [3.05, 3.63) is 0 Å². The van der Waals surface area contributed by atoms with Crippen molar-refractivity contribution < 1.29 is 19.7 Å². The molecule has 4 aliphatic rings. The van der Waals surface area contributed by atoms with E-state index < -0.39 is 20.9 Å². The average Bonchev–Trinajstić information content (AvgIpc) is 3.64. The summed E-state index contributed by atoms with van der Waals surface area (Å²) in [5.41, 5.74) is 0. The normalized spacial score (nSPS) is 37.0. The maximum atomic E-state index is 10.0. The molecule has 0 spiro atoms. The fourth-order valence-electron chi connectivity index (χ4n) is 8.55. The van der Waals surface area contributed by atoms with E-state index in [-0.39, 0.29) is 0 Å². The van der Waals surface area contributed by atoms with E-state index in [1.165, 1.54) is 51.4 Å². The Labute approximate surface area is 264 Å². The van der Waals surface area contributed by atoms with Gasteiger partial charge in [0.1, 0.15) is 8.67 Å². The molecule has 4 saturated carbocycles. The SMILES string of the molecule is CCC(CCCCC1CCC2C1CC(O)C2(Cl)Cl)OC.CCC(CCCCC1CCC2C1CC(O)C2(Cl)Cl)OC. The van der Waals surface area contributed by atoms with Crippen molar-refractivity contribution >= 4 is 46.4 Å². The summed E-state index contributed by atoms with van der Waals surface area (Å²) in [7, 11) is 3.60. The third kappa shape index (κ3) is 8.58. The Bertz CT molecular complexity index is 670. The van der Waals surface area contributed by atoms with Gasteiger partial charge in [0.25, 0.3) is 0 Å². The fourth-order valence-corrected chi connectivity index (χ4v) is 9.99. The third-order valence-electron chi connectivity index (χ3n) is 11.1. The molecule has 0 bridgehead atoms. The largest absolute Gasteiger partial charge is 0.390 e. The van der Waals surface area contributed by atoms with Crippen LogP contribution >= 0.6 is 46.4 Å². The van der Waals surface area contributed by atoms with Gasteiger partial charge in [0.05, 0.1) is 24.4 Å². The molecule has 8 heteroatoms. The van der Waals surface area contributed by atoms with Gasteiger partial charge in [-0.25, -0.2) is 0 Å². The van der Waals surface area contributed by atoms with Gasteiger partial charge in [-0.2, -0.15) is 0 Å². The molecule has 0 saturated heterocycles. The van der Waals surface area contributed by atoms with Crippen molar-refractivity contribution in [3.63, 3.8) is 0 Å². The summed E-state index contributed by atoms with van der Waals surface area (Å²) in [5.74, 6) is 3.07. The molecule has 2 N–H and O–H groups in total. The first-order chi connectivity index (χ1) is 19.0. The van der Waals surface area contributed by atoms with Crippen molar-refractivity contribution in [2.75, 3.05) is 14.2 Å². The van der Waals surface area contributed by atoms with Crippen molar-refractivity contribution in [2.45, 2.75) is 150 Å². The first-order valence-electron chi connectivity index (χ1n) is 16.2. The molecule has 0 aliphatic heterocycles. The average molecular weight is 647 g/mol. The van der Waals surface area contributed by atoms with Gasteiger partial charge in [-0.15, -0.1) is 0 Å². The smallest absolute Gasteiger partial charge is 0.147 e. The van der Waals surface area contributed by atoms with Crippen LogP contribution in [0.25, 0.3) is 0 Å². The Balaban J connectivity index is 0.000000220. The minimum atomic E-state index is -0.900. The molecule has 4 nitrogen and oxygen atoms in total. The predicted molar refractivity (Wildman–Crippen MR) is 169 cm³/mol. The minimum absolute atomic E-state index is 0.299. The van der Waals surface area contributed by atoms with Crippen molar-refractivity contribution in [2.24, 2.45) is 35.5 Å². The van der Waals surface area contributed by atoms with E-state index in [2.05, 4.69) is 13.8 Å². The summed E-state index contributed by atoms with van der Waals surface area (Å²) >= 11 is 25.3. The van der Waals surface area contributed by atoms with Gasteiger partial charge in [0, 0.05) is 14.2 Å². The Kier molecular flexibility index (Phi) is 14.5. The molecule has 40 heavy (non-hydrogen) atoms.